The van der Waals surface area contributed by atoms with Crippen molar-refractivity contribution in [1.82, 2.24) is 9.97 Å². The molecule has 1 aromatic rings. The molecule has 0 unspecified atom stereocenters. The fourth-order valence-corrected chi connectivity index (χ4v) is 1.60. The summed E-state index contributed by atoms with van der Waals surface area (Å²) in [5.41, 5.74) is 1.58. The third-order valence-corrected chi connectivity index (χ3v) is 2.18. The van der Waals surface area contributed by atoms with E-state index in [1.54, 1.807) is 6.08 Å². The first-order chi connectivity index (χ1) is 6.69. The maximum absolute atomic E-state index is 11.5. The van der Waals surface area contributed by atoms with Gasteiger partial charge in [0.1, 0.15) is 0 Å². The number of aryl methyl sites for hydroxylation is 1. The van der Waals surface area contributed by atoms with E-state index in [2.05, 4.69) is 23.5 Å². The molecular weight excluding hydrogens is 196 g/mol. The van der Waals surface area contributed by atoms with Crippen LogP contribution in [0, 0.1) is 4.77 Å². The van der Waals surface area contributed by atoms with Gasteiger partial charge in [0.2, 0.25) is 0 Å². The van der Waals surface area contributed by atoms with Crippen molar-refractivity contribution in [2.45, 2.75) is 26.2 Å². The second kappa shape index (κ2) is 4.91. The summed E-state index contributed by atoms with van der Waals surface area (Å²) in [6.07, 6.45) is 4.13. The Labute approximate surface area is 87.9 Å². The van der Waals surface area contributed by atoms with Crippen LogP contribution in [-0.4, -0.2) is 9.97 Å². The van der Waals surface area contributed by atoms with Crippen LogP contribution < -0.4 is 5.56 Å². The van der Waals surface area contributed by atoms with Gasteiger partial charge in [-0.3, -0.25) is 9.78 Å². The molecule has 0 radical (unpaired) electrons. The normalized spacial score (nSPS) is 10.1. The number of allylic oxidation sites excluding steroid dienone is 1. The smallest absolute Gasteiger partial charge is 0.255 e. The van der Waals surface area contributed by atoms with Gasteiger partial charge in [0, 0.05) is 11.3 Å². The molecule has 0 aliphatic carbocycles. The molecule has 2 N–H and O–H groups in total. The van der Waals surface area contributed by atoms with Crippen LogP contribution in [0.3, 0.4) is 0 Å². The van der Waals surface area contributed by atoms with Crippen molar-refractivity contribution < 1.29 is 0 Å². The number of aromatic amines is 2. The van der Waals surface area contributed by atoms with Gasteiger partial charge in [-0.15, -0.1) is 6.58 Å². The number of hydrogen-bond donors (Lipinski definition) is 2. The summed E-state index contributed by atoms with van der Waals surface area (Å²) in [5, 5.41) is 0. The molecule has 3 nitrogen and oxygen atoms in total. The lowest BCUT2D eigenvalue weighted by Crippen LogP contribution is -2.17. The van der Waals surface area contributed by atoms with Crippen molar-refractivity contribution in [2.75, 3.05) is 0 Å². The molecule has 14 heavy (non-hydrogen) atoms. The predicted molar refractivity (Wildman–Crippen MR) is 60.1 cm³/mol. The Morgan fingerprint density at radius 1 is 1.50 bits per heavy atom. The van der Waals surface area contributed by atoms with E-state index >= 15 is 0 Å². The van der Waals surface area contributed by atoms with Crippen LogP contribution in [0.5, 0.6) is 0 Å². The van der Waals surface area contributed by atoms with Crippen molar-refractivity contribution in [3.63, 3.8) is 0 Å². The SMILES string of the molecule is C=CCc1c(CCC)[nH]c(=S)[nH]c1=O. The first-order valence-electron chi connectivity index (χ1n) is 4.64. The molecule has 1 heterocycles. The lowest BCUT2D eigenvalue weighted by molar-refractivity contribution is 0.836. The monoisotopic (exact) mass is 210 g/mol. The Balaban J connectivity index is 3.28. The average molecular weight is 210 g/mol. The maximum atomic E-state index is 11.5. The van der Waals surface area contributed by atoms with E-state index < -0.39 is 0 Å². The van der Waals surface area contributed by atoms with Gasteiger partial charge < -0.3 is 4.98 Å². The minimum absolute atomic E-state index is 0.0999. The van der Waals surface area contributed by atoms with Crippen LogP contribution >= 0.6 is 12.2 Å². The second-order valence-corrected chi connectivity index (χ2v) is 3.52. The minimum Gasteiger partial charge on any atom is -0.336 e. The first-order valence-corrected chi connectivity index (χ1v) is 5.05. The number of hydrogen-bond acceptors (Lipinski definition) is 2. The third kappa shape index (κ3) is 2.42. The van der Waals surface area contributed by atoms with Crippen LogP contribution in [0.2, 0.25) is 0 Å². The lowest BCUT2D eigenvalue weighted by Gasteiger charge is -2.04. The lowest BCUT2D eigenvalue weighted by atomic mass is 10.1. The molecule has 0 aliphatic heterocycles. The van der Waals surface area contributed by atoms with E-state index in [9.17, 15) is 4.79 Å². The van der Waals surface area contributed by atoms with Crippen molar-refractivity contribution in [3.05, 3.63) is 39.0 Å². The van der Waals surface area contributed by atoms with Crippen LogP contribution in [0.25, 0.3) is 0 Å². The zero-order valence-electron chi connectivity index (χ0n) is 8.22. The van der Waals surface area contributed by atoms with Crippen molar-refractivity contribution in [1.29, 1.82) is 0 Å². The van der Waals surface area contributed by atoms with Gasteiger partial charge in [0.05, 0.1) is 0 Å². The van der Waals surface area contributed by atoms with Gasteiger partial charge in [-0.2, -0.15) is 0 Å². The van der Waals surface area contributed by atoms with Gasteiger partial charge in [-0.05, 0) is 25.1 Å². The highest BCUT2D eigenvalue weighted by molar-refractivity contribution is 7.71. The molecule has 0 saturated carbocycles. The third-order valence-electron chi connectivity index (χ3n) is 1.98. The Kier molecular flexibility index (Phi) is 3.83. The van der Waals surface area contributed by atoms with Crippen LogP contribution in [0.15, 0.2) is 17.4 Å². The molecule has 0 fully saturated rings. The van der Waals surface area contributed by atoms with E-state index in [1.807, 2.05) is 0 Å². The topological polar surface area (TPSA) is 48.6 Å². The zero-order chi connectivity index (χ0) is 10.6. The molecule has 0 amide bonds. The molecule has 0 saturated heterocycles. The molecule has 4 heteroatoms. The van der Waals surface area contributed by atoms with Crippen molar-refractivity contribution in [2.24, 2.45) is 0 Å². The Morgan fingerprint density at radius 2 is 2.21 bits per heavy atom. The maximum Gasteiger partial charge on any atom is 0.255 e. The summed E-state index contributed by atoms with van der Waals surface area (Å²) in [4.78, 5) is 17.1. The zero-order valence-corrected chi connectivity index (χ0v) is 9.04. The highest BCUT2D eigenvalue weighted by atomic mass is 32.1. The fourth-order valence-electron chi connectivity index (χ4n) is 1.38. The summed E-state index contributed by atoms with van der Waals surface area (Å²) in [6, 6.07) is 0. The van der Waals surface area contributed by atoms with Gasteiger partial charge in [0.25, 0.3) is 5.56 Å². The molecule has 1 rings (SSSR count). The van der Waals surface area contributed by atoms with E-state index in [0.29, 0.717) is 11.2 Å². The second-order valence-electron chi connectivity index (χ2n) is 3.11. The van der Waals surface area contributed by atoms with Gasteiger partial charge in [0.15, 0.2) is 4.77 Å². The highest BCUT2D eigenvalue weighted by Gasteiger charge is 2.05. The van der Waals surface area contributed by atoms with E-state index in [1.165, 1.54) is 0 Å². The number of rotatable bonds is 4. The Morgan fingerprint density at radius 3 is 2.79 bits per heavy atom. The summed E-state index contributed by atoms with van der Waals surface area (Å²) < 4.78 is 0.395. The van der Waals surface area contributed by atoms with Crippen molar-refractivity contribution >= 4 is 12.2 Å². The van der Waals surface area contributed by atoms with Gasteiger partial charge >= 0.3 is 0 Å². The standard InChI is InChI=1S/C10H14N2OS/c1-3-5-7-8(6-4-2)11-10(14)12-9(7)13/h3H,1,4-6H2,2H3,(H2,11,12,13,14). The molecule has 1 aromatic heterocycles. The summed E-state index contributed by atoms with van der Waals surface area (Å²) in [5.74, 6) is 0. The molecule has 76 valence electrons. The van der Waals surface area contributed by atoms with E-state index in [-0.39, 0.29) is 5.56 Å². The van der Waals surface area contributed by atoms with Crippen LogP contribution in [-0.2, 0) is 12.8 Å². The average Bonchev–Trinajstić information content (AvgIpc) is 2.11. The quantitative estimate of drug-likeness (QED) is 0.590. The Hall–Kier alpha value is -1.16. The summed E-state index contributed by atoms with van der Waals surface area (Å²) in [7, 11) is 0. The summed E-state index contributed by atoms with van der Waals surface area (Å²) >= 11 is 4.91. The molecule has 0 aromatic carbocycles. The largest absolute Gasteiger partial charge is 0.336 e. The summed E-state index contributed by atoms with van der Waals surface area (Å²) in [6.45, 7) is 5.69. The van der Waals surface area contributed by atoms with Crippen LogP contribution in [0.1, 0.15) is 24.6 Å². The minimum atomic E-state index is -0.0999. The number of nitrogens with one attached hydrogen (secondary N) is 2. The molecule has 0 spiro atoms. The molecule has 0 bridgehead atoms. The van der Waals surface area contributed by atoms with E-state index in [4.69, 9.17) is 12.2 Å². The fraction of sp³-hybridized carbons (Fsp3) is 0.400. The van der Waals surface area contributed by atoms with Gasteiger partial charge in [-0.25, -0.2) is 0 Å². The Bertz CT molecular complexity index is 430. The number of H-pyrrole nitrogens is 2. The molecular formula is C10H14N2OS. The van der Waals surface area contributed by atoms with E-state index in [0.717, 1.165) is 24.1 Å². The van der Waals surface area contributed by atoms with Crippen molar-refractivity contribution in [3.8, 4) is 0 Å². The first kappa shape index (κ1) is 10.9. The number of aromatic nitrogens is 2. The molecule has 0 atom stereocenters. The predicted octanol–water partition coefficient (Wildman–Crippen LogP) is 2.11. The van der Waals surface area contributed by atoms with Crippen LogP contribution in [0.4, 0.5) is 0 Å². The highest BCUT2D eigenvalue weighted by Crippen LogP contribution is 2.04. The molecule has 0 aliphatic rings. The van der Waals surface area contributed by atoms with Gasteiger partial charge in [-0.1, -0.05) is 19.4 Å².